The molecule has 1 aromatic carbocycles. The zero-order valence-electron chi connectivity index (χ0n) is 14.4. The molecule has 0 aliphatic carbocycles. The van der Waals surface area contributed by atoms with Crippen LogP contribution in [-0.4, -0.2) is 30.1 Å². The van der Waals surface area contributed by atoms with Gasteiger partial charge in [0.2, 0.25) is 0 Å². The molecule has 2 heteroatoms. The number of benzene rings is 1. The molecule has 0 spiro atoms. The summed E-state index contributed by atoms with van der Waals surface area (Å²) in [6.07, 6.45) is 1.12. The first kappa shape index (κ1) is 16.5. The van der Waals surface area contributed by atoms with Crippen LogP contribution in [0, 0.1) is 11.8 Å². The van der Waals surface area contributed by atoms with Crippen molar-refractivity contribution in [1.82, 2.24) is 10.2 Å². The maximum absolute atomic E-state index is 3.59. The average Bonchev–Trinajstić information content (AvgIpc) is 2.69. The standard InChI is InChI=1S/C19H32N2/c1-15-12-21(13-16(15)2)14-18-9-7-6-8-17(18)10-11-20-19(3,4)5/h6-9,15-16,20H,10-14H2,1-5H3. The monoisotopic (exact) mass is 288 g/mol. The lowest BCUT2D eigenvalue weighted by Gasteiger charge is -2.22. The first-order chi connectivity index (χ1) is 9.85. The van der Waals surface area contributed by atoms with Gasteiger partial charge >= 0.3 is 0 Å². The third-order valence-corrected chi connectivity index (χ3v) is 4.63. The minimum atomic E-state index is 0.203. The predicted molar refractivity (Wildman–Crippen MR) is 91.5 cm³/mol. The molecule has 1 fully saturated rings. The van der Waals surface area contributed by atoms with Crippen LogP contribution in [-0.2, 0) is 13.0 Å². The van der Waals surface area contributed by atoms with Gasteiger partial charge in [0.25, 0.3) is 0 Å². The van der Waals surface area contributed by atoms with Gasteiger partial charge in [0.15, 0.2) is 0 Å². The Morgan fingerprint density at radius 3 is 2.19 bits per heavy atom. The molecule has 1 aliphatic rings. The molecule has 0 amide bonds. The van der Waals surface area contributed by atoms with E-state index in [-0.39, 0.29) is 5.54 Å². The zero-order chi connectivity index (χ0) is 15.5. The van der Waals surface area contributed by atoms with Crippen molar-refractivity contribution >= 4 is 0 Å². The third-order valence-electron chi connectivity index (χ3n) is 4.63. The van der Waals surface area contributed by atoms with Gasteiger partial charge in [0.1, 0.15) is 0 Å². The number of nitrogens with zero attached hydrogens (tertiary/aromatic N) is 1. The van der Waals surface area contributed by atoms with E-state index in [1.54, 1.807) is 0 Å². The molecule has 1 aromatic rings. The van der Waals surface area contributed by atoms with Crippen molar-refractivity contribution < 1.29 is 0 Å². The maximum atomic E-state index is 3.59. The Hall–Kier alpha value is -0.860. The molecule has 1 saturated heterocycles. The van der Waals surface area contributed by atoms with E-state index in [1.165, 1.54) is 24.2 Å². The molecule has 2 atom stereocenters. The summed E-state index contributed by atoms with van der Waals surface area (Å²) in [6.45, 7) is 16.1. The second kappa shape index (κ2) is 6.93. The van der Waals surface area contributed by atoms with Crippen molar-refractivity contribution in [2.45, 2.75) is 53.1 Å². The quantitative estimate of drug-likeness (QED) is 0.888. The lowest BCUT2D eigenvalue weighted by atomic mass is 10.0. The SMILES string of the molecule is CC1CN(Cc2ccccc2CCNC(C)(C)C)CC1C. The van der Waals surface area contributed by atoms with E-state index >= 15 is 0 Å². The van der Waals surface area contributed by atoms with E-state index in [1.807, 2.05) is 0 Å². The largest absolute Gasteiger partial charge is 0.312 e. The van der Waals surface area contributed by atoms with Crippen molar-refractivity contribution in [3.05, 3.63) is 35.4 Å². The van der Waals surface area contributed by atoms with E-state index in [0.29, 0.717) is 0 Å². The number of rotatable bonds is 5. The van der Waals surface area contributed by atoms with Gasteiger partial charge in [-0.05, 0) is 56.7 Å². The highest BCUT2D eigenvalue weighted by molar-refractivity contribution is 5.27. The summed E-state index contributed by atoms with van der Waals surface area (Å²) < 4.78 is 0. The molecule has 0 radical (unpaired) electrons. The minimum absolute atomic E-state index is 0.203. The summed E-state index contributed by atoms with van der Waals surface area (Å²) >= 11 is 0. The summed E-state index contributed by atoms with van der Waals surface area (Å²) in [6, 6.07) is 8.95. The summed E-state index contributed by atoms with van der Waals surface area (Å²) in [5, 5.41) is 3.59. The number of hydrogen-bond acceptors (Lipinski definition) is 2. The number of hydrogen-bond donors (Lipinski definition) is 1. The Morgan fingerprint density at radius 1 is 1.05 bits per heavy atom. The van der Waals surface area contributed by atoms with Gasteiger partial charge in [0, 0.05) is 25.2 Å². The topological polar surface area (TPSA) is 15.3 Å². The molecule has 2 rings (SSSR count). The Morgan fingerprint density at radius 2 is 1.62 bits per heavy atom. The second-order valence-corrected chi connectivity index (χ2v) is 7.84. The molecule has 0 bridgehead atoms. The highest BCUT2D eigenvalue weighted by atomic mass is 15.1. The molecule has 1 N–H and O–H groups in total. The molecule has 0 saturated carbocycles. The average molecular weight is 288 g/mol. The fourth-order valence-electron chi connectivity index (χ4n) is 3.15. The first-order valence-electron chi connectivity index (χ1n) is 8.39. The zero-order valence-corrected chi connectivity index (χ0v) is 14.4. The Balaban J connectivity index is 1.94. The van der Waals surface area contributed by atoms with Crippen LogP contribution in [0.25, 0.3) is 0 Å². The number of likely N-dealkylation sites (tertiary alicyclic amines) is 1. The minimum Gasteiger partial charge on any atom is -0.312 e. The van der Waals surface area contributed by atoms with Crippen LogP contribution in [0.5, 0.6) is 0 Å². The third kappa shape index (κ3) is 5.12. The molecule has 0 aromatic heterocycles. The lowest BCUT2D eigenvalue weighted by Crippen LogP contribution is -2.37. The van der Waals surface area contributed by atoms with Crippen molar-refractivity contribution in [1.29, 1.82) is 0 Å². The van der Waals surface area contributed by atoms with Gasteiger partial charge in [-0.3, -0.25) is 4.90 Å². The van der Waals surface area contributed by atoms with Gasteiger partial charge < -0.3 is 5.32 Å². The van der Waals surface area contributed by atoms with Crippen molar-refractivity contribution in [3.8, 4) is 0 Å². The Bertz CT molecular complexity index is 437. The predicted octanol–water partition coefficient (Wildman–Crippen LogP) is 3.71. The molecule has 21 heavy (non-hydrogen) atoms. The van der Waals surface area contributed by atoms with Crippen LogP contribution in [0.1, 0.15) is 45.7 Å². The van der Waals surface area contributed by atoms with Crippen LogP contribution >= 0.6 is 0 Å². The summed E-state index contributed by atoms with van der Waals surface area (Å²) in [7, 11) is 0. The molecule has 2 nitrogen and oxygen atoms in total. The van der Waals surface area contributed by atoms with Gasteiger partial charge in [0.05, 0.1) is 0 Å². The van der Waals surface area contributed by atoms with Crippen molar-refractivity contribution in [2.24, 2.45) is 11.8 Å². The van der Waals surface area contributed by atoms with E-state index in [9.17, 15) is 0 Å². The Labute approximate surface area is 130 Å². The van der Waals surface area contributed by atoms with Gasteiger partial charge in [-0.25, -0.2) is 0 Å². The normalized spacial score (nSPS) is 23.7. The van der Waals surface area contributed by atoms with Gasteiger partial charge in [-0.2, -0.15) is 0 Å². The highest BCUT2D eigenvalue weighted by Gasteiger charge is 2.26. The molecule has 118 valence electrons. The summed E-state index contributed by atoms with van der Waals surface area (Å²) in [4.78, 5) is 2.62. The van der Waals surface area contributed by atoms with Gasteiger partial charge in [-0.1, -0.05) is 38.1 Å². The Kier molecular flexibility index (Phi) is 5.45. The fraction of sp³-hybridized carbons (Fsp3) is 0.684. The van der Waals surface area contributed by atoms with Crippen molar-refractivity contribution in [3.63, 3.8) is 0 Å². The molecule has 1 aliphatic heterocycles. The summed E-state index contributed by atoms with van der Waals surface area (Å²) in [5.74, 6) is 1.67. The van der Waals surface area contributed by atoms with Crippen molar-refractivity contribution in [2.75, 3.05) is 19.6 Å². The van der Waals surface area contributed by atoms with Crippen LogP contribution in [0.3, 0.4) is 0 Å². The highest BCUT2D eigenvalue weighted by Crippen LogP contribution is 2.24. The van der Waals surface area contributed by atoms with Crippen LogP contribution in [0.2, 0.25) is 0 Å². The maximum Gasteiger partial charge on any atom is 0.0236 e. The molecular weight excluding hydrogens is 256 g/mol. The fourth-order valence-corrected chi connectivity index (χ4v) is 3.15. The molecular formula is C19H32N2. The molecule has 1 heterocycles. The van der Waals surface area contributed by atoms with Gasteiger partial charge in [-0.15, -0.1) is 0 Å². The van der Waals surface area contributed by atoms with E-state index in [4.69, 9.17) is 0 Å². The van der Waals surface area contributed by atoms with Crippen LogP contribution in [0.4, 0.5) is 0 Å². The summed E-state index contributed by atoms with van der Waals surface area (Å²) in [5.41, 5.74) is 3.21. The smallest absolute Gasteiger partial charge is 0.0236 e. The van der Waals surface area contributed by atoms with E-state index in [2.05, 4.69) is 69.1 Å². The van der Waals surface area contributed by atoms with Crippen LogP contribution < -0.4 is 5.32 Å². The van der Waals surface area contributed by atoms with E-state index < -0.39 is 0 Å². The van der Waals surface area contributed by atoms with Crippen LogP contribution in [0.15, 0.2) is 24.3 Å². The molecule has 2 unspecified atom stereocenters. The first-order valence-corrected chi connectivity index (χ1v) is 8.39. The second-order valence-electron chi connectivity index (χ2n) is 7.84. The lowest BCUT2D eigenvalue weighted by molar-refractivity contribution is 0.315. The number of nitrogens with one attached hydrogen (secondary N) is 1. The van der Waals surface area contributed by atoms with E-state index in [0.717, 1.165) is 31.3 Å².